The molecule has 0 unspecified atom stereocenters. The molecule has 0 saturated carbocycles. The molecule has 0 bridgehead atoms. The molecule has 0 radical (unpaired) electrons. The van der Waals surface area contributed by atoms with E-state index in [0.29, 0.717) is 21.3 Å². The van der Waals surface area contributed by atoms with E-state index in [2.05, 4.69) is 5.32 Å². The van der Waals surface area contributed by atoms with Crippen molar-refractivity contribution in [2.75, 3.05) is 12.4 Å². The highest BCUT2D eigenvalue weighted by atomic mass is 35.5. The van der Waals surface area contributed by atoms with Crippen molar-refractivity contribution in [3.63, 3.8) is 0 Å². The van der Waals surface area contributed by atoms with Crippen molar-refractivity contribution in [2.24, 2.45) is 0 Å². The maximum atomic E-state index is 12.9. The fourth-order valence-electron chi connectivity index (χ4n) is 2.04. The molecule has 112 valence electrons. The van der Waals surface area contributed by atoms with Gasteiger partial charge in [0.25, 0.3) is 5.91 Å². The molecule has 6 heteroatoms. The van der Waals surface area contributed by atoms with Crippen LogP contribution in [0.4, 0.5) is 10.1 Å². The summed E-state index contributed by atoms with van der Waals surface area (Å²) < 4.78 is 18.9. The maximum absolute atomic E-state index is 12.9. The van der Waals surface area contributed by atoms with Crippen LogP contribution >= 0.6 is 22.9 Å². The summed E-state index contributed by atoms with van der Waals surface area (Å²) in [5.74, 6) is -0.000503. The van der Waals surface area contributed by atoms with Crippen molar-refractivity contribution in [2.45, 2.75) is 0 Å². The first-order valence-electron chi connectivity index (χ1n) is 6.41. The highest BCUT2D eigenvalue weighted by molar-refractivity contribution is 7.21. The number of anilines is 1. The number of amides is 1. The largest absolute Gasteiger partial charge is 0.497 e. The van der Waals surface area contributed by atoms with E-state index < -0.39 is 0 Å². The molecule has 0 spiro atoms. The van der Waals surface area contributed by atoms with Gasteiger partial charge in [-0.3, -0.25) is 4.79 Å². The zero-order chi connectivity index (χ0) is 15.7. The van der Waals surface area contributed by atoms with Gasteiger partial charge in [0.1, 0.15) is 16.4 Å². The average molecular weight is 336 g/mol. The number of halogens is 2. The van der Waals surface area contributed by atoms with E-state index in [1.165, 1.54) is 35.6 Å². The number of methoxy groups -OCH3 is 1. The lowest BCUT2D eigenvalue weighted by molar-refractivity contribution is 0.103. The van der Waals surface area contributed by atoms with Crippen molar-refractivity contribution < 1.29 is 13.9 Å². The second-order valence-electron chi connectivity index (χ2n) is 4.57. The summed E-state index contributed by atoms with van der Waals surface area (Å²) in [6, 6.07) is 11.0. The van der Waals surface area contributed by atoms with Gasteiger partial charge < -0.3 is 10.1 Å². The third kappa shape index (κ3) is 2.77. The van der Waals surface area contributed by atoms with Crippen LogP contribution in [0, 0.1) is 5.82 Å². The summed E-state index contributed by atoms with van der Waals surface area (Å²) in [4.78, 5) is 12.7. The van der Waals surface area contributed by atoms with Crippen LogP contribution in [-0.2, 0) is 0 Å². The van der Waals surface area contributed by atoms with Crippen molar-refractivity contribution in [3.05, 3.63) is 58.2 Å². The minimum atomic E-state index is -0.356. The third-order valence-electron chi connectivity index (χ3n) is 3.14. The van der Waals surface area contributed by atoms with Crippen LogP contribution in [0.5, 0.6) is 5.75 Å². The molecule has 0 fully saturated rings. The number of hydrogen-bond acceptors (Lipinski definition) is 3. The predicted molar refractivity (Wildman–Crippen MR) is 87.7 cm³/mol. The van der Waals surface area contributed by atoms with Crippen molar-refractivity contribution in [1.82, 2.24) is 0 Å². The summed E-state index contributed by atoms with van der Waals surface area (Å²) in [5, 5.41) is 3.87. The fourth-order valence-corrected chi connectivity index (χ4v) is 3.42. The van der Waals surface area contributed by atoms with Crippen molar-refractivity contribution >= 4 is 44.6 Å². The van der Waals surface area contributed by atoms with Crippen LogP contribution in [0.3, 0.4) is 0 Å². The van der Waals surface area contributed by atoms with E-state index in [1.54, 1.807) is 13.2 Å². The number of carbonyl (C=O) groups excluding carboxylic acids is 1. The first-order valence-corrected chi connectivity index (χ1v) is 7.61. The monoisotopic (exact) mass is 335 g/mol. The molecule has 0 aliphatic carbocycles. The molecule has 0 atom stereocenters. The maximum Gasteiger partial charge on any atom is 0.267 e. The lowest BCUT2D eigenvalue weighted by Crippen LogP contribution is -2.10. The second kappa shape index (κ2) is 5.94. The van der Waals surface area contributed by atoms with Gasteiger partial charge in [0.2, 0.25) is 0 Å². The van der Waals surface area contributed by atoms with Crippen molar-refractivity contribution in [1.29, 1.82) is 0 Å². The molecule has 1 heterocycles. The quantitative estimate of drug-likeness (QED) is 0.735. The Kier molecular flexibility index (Phi) is 4.00. The topological polar surface area (TPSA) is 38.3 Å². The Labute approximate surface area is 135 Å². The number of thiophene rings is 1. The summed E-state index contributed by atoms with van der Waals surface area (Å²) >= 11 is 7.61. The average Bonchev–Trinajstić information content (AvgIpc) is 2.86. The molecular formula is C16H11ClFNO2S. The number of hydrogen-bond donors (Lipinski definition) is 1. The predicted octanol–water partition coefficient (Wildman–Crippen LogP) is 4.95. The molecule has 3 nitrogen and oxygen atoms in total. The van der Waals surface area contributed by atoms with Gasteiger partial charge in [-0.1, -0.05) is 11.6 Å². The lowest BCUT2D eigenvalue weighted by atomic mass is 10.2. The Morgan fingerprint density at radius 3 is 2.64 bits per heavy atom. The van der Waals surface area contributed by atoms with Gasteiger partial charge in [-0.15, -0.1) is 11.3 Å². The van der Waals surface area contributed by atoms with Gasteiger partial charge in [0.15, 0.2) is 0 Å². The van der Waals surface area contributed by atoms with Crippen LogP contribution in [0.1, 0.15) is 9.67 Å². The fraction of sp³-hybridized carbons (Fsp3) is 0.0625. The SMILES string of the molecule is COc1ccc2sc(C(=O)Nc3ccc(F)cc3)c(Cl)c2c1. The first kappa shape index (κ1) is 14.8. The van der Waals surface area contributed by atoms with Crippen LogP contribution in [0.15, 0.2) is 42.5 Å². The van der Waals surface area contributed by atoms with Crippen LogP contribution < -0.4 is 10.1 Å². The summed E-state index contributed by atoms with van der Waals surface area (Å²) in [7, 11) is 1.57. The summed E-state index contributed by atoms with van der Waals surface area (Å²) in [6.07, 6.45) is 0. The Morgan fingerprint density at radius 2 is 1.95 bits per heavy atom. The van der Waals surface area contributed by atoms with E-state index in [4.69, 9.17) is 16.3 Å². The molecule has 2 aromatic carbocycles. The molecule has 3 aromatic rings. The zero-order valence-corrected chi connectivity index (χ0v) is 13.1. The molecule has 1 N–H and O–H groups in total. The van der Waals surface area contributed by atoms with Crippen LogP contribution in [0.25, 0.3) is 10.1 Å². The normalized spacial score (nSPS) is 10.7. The van der Waals surface area contributed by atoms with E-state index in [0.717, 1.165) is 10.1 Å². The minimum absolute atomic E-state index is 0.322. The number of rotatable bonds is 3. The molecule has 1 amide bonds. The number of benzene rings is 2. The van der Waals surface area contributed by atoms with Gasteiger partial charge in [-0.05, 0) is 42.5 Å². The number of carbonyl (C=O) groups is 1. The number of fused-ring (bicyclic) bond motifs is 1. The standard InChI is InChI=1S/C16H11ClFNO2S/c1-21-11-6-7-13-12(8-11)14(17)15(22-13)16(20)19-10-4-2-9(18)3-5-10/h2-8H,1H3,(H,19,20). The summed E-state index contributed by atoms with van der Waals surface area (Å²) in [5.41, 5.74) is 0.512. The molecular weight excluding hydrogens is 325 g/mol. The Hall–Kier alpha value is -2.11. The second-order valence-corrected chi connectivity index (χ2v) is 6.00. The lowest BCUT2D eigenvalue weighted by Gasteiger charge is -2.03. The van der Waals surface area contributed by atoms with E-state index in [1.807, 2.05) is 12.1 Å². The molecule has 0 aliphatic rings. The van der Waals surface area contributed by atoms with Crippen LogP contribution in [0.2, 0.25) is 5.02 Å². The molecule has 1 aromatic heterocycles. The van der Waals surface area contributed by atoms with E-state index >= 15 is 0 Å². The van der Waals surface area contributed by atoms with Gasteiger partial charge in [-0.2, -0.15) is 0 Å². The van der Waals surface area contributed by atoms with Gasteiger partial charge in [0, 0.05) is 15.8 Å². The highest BCUT2D eigenvalue weighted by Gasteiger charge is 2.17. The number of nitrogens with one attached hydrogen (secondary N) is 1. The van der Waals surface area contributed by atoms with E-state index in [-0.39, 0.29) is 11.7 Å². The smallest absolute Gasteiger partial charge is 0.267 e. The highest BCUT2D eigenvalue weighted by Crippen LogP contribution is 2.37. The molecule has 22 heavy (non-hydrogen) atoms. The minimum Gasteiger partial charge on any atom is -0.497 e. The summed E-state index contributed by atoms with van der Waals surface area (Å²) in [6.45, 7) is 0. The van der Waals surface area contributed by atoms with E-state index in [9.17, 15) is 9.18 Å². The number of ether oxygens (including phenoxy) is 1. The Bertz CT molecular complexity index is 845. The first-order chi connectivity index (χ1) is 10.6. The van der Waals surface area contributed by atoms with Crippen LogP contribution in [-0.4, -0.2) is 13.0 Å². The third-order valence-corrected chi connectivity index (χ3v) is 4.82. The van der Waals surface area contributed by atoms with Gasteiger partial charge >= 0.3 is 0 Å². The van der Waals surface area contributed by atoms with Gasteiger partial charge in [-0.25, -0.2) is 4.39 Å². The molecule has 0 aliphatic heterocycles. The van der Waals surface area contributed by atoms with Gasteiger partial charge in [0.05, 0.1) is 12.1 Å². The Morgan fingerprint density at radius 1 is 1.23 bits per heavy atom. The molecule has 3 rings (SSSR count). The Balaban J connectivity index is 1.93. The molecule has 0 saturated heterocycles. The van der Waals surface area contributed by atoms with Crippen molar-refractivity contribution in [3.8, 4) is 5.75 Å². The zero-order valence-electron chi connectivity index (χ0n) is 11.5.